The van der Waals surface area contributed by atoms with E-state index in [9.17, 15) is 4.79 Å². The van der Waals surface area contributed by atoms with Gasteiger partial charge in [0.15, 0.2) is 0 Å². The molecule has 1 aromatic carbocycles. The van der Waals surface area contributed by atoms with Gasteiger partial charge in [-0.3, -0.25) is 4.79 Å². The Balaban J connectivity index is 1.61. The fourth-order valence-electron chi connectivity index (χ4n) is 3.29. The molecule has 1 saturated heterocycles. The lowest BCUT2D eigenvalue weighted by atomic mass is 10.0. The standard InChI is InChI=1S/C18H24ClN3O3/c1-24-9-2-6-22-7-3-12(4-8-22)21-18(23)14-11-15(19)16(20)13-5-10-25-17(13)14/h5,10-12H,2-4,6-9,20H2,1H3,(H,21,23). The van der Waals surface area contributed by atoms with Crippen molar-refractivity contribution in [1.82, 2.24) is 10.2 Å². The van der Waals surface area contributed by atoms with E-state index < -0.39 is 0 Å². The summed E-state index contributed by atoms with van der Waals surface area (Å²) < 4.78 is 10.5. The number of anilines is 1. The van der Waals surface area contributed by atoms with Gasteiger partial charge in [-0.15, -0.1) is 0 Å². The summed E-state index contributed by atoms with van der Waals surface area (Å²) in [5.74, 6) is -0.167. The smallest absolute Gasteiger partial charge is 0.255 e. The maximum absolute atomic E-state index is 12.7. The Morgan fingerprint density at radius 1 is 1.48 bits per heavy atom. The minimum Gasteiger partial charge on any atom is -0.463 e. The normalized spacial score (nSPS) is 16.4. The Morgan fingerprint density at radius 3 is 2.96 bits per heavy atom. The second kappa shape index (κ2) is 8.08. The van der Waals surface area contributed by atoms with Crippen LogP contribution in [0.15, 0.2) is 22.8 Å². The Bertz CT molecular complexity index is 738. The lowest BCUT2D eigenvalue weighted by molar-refractivity contribution is 0.0908. The second-order valence-electron chi connectivity index (χ2n) is 6.42. The average molecular weight is 366 g/mol. The molecule has 3 rings (SSSR count). The highest BCUT2D eigenvalue weighted by Gasteiger charge is 2.23. The molecular weight excluding hydrogens is 342 g/mol. The van der Waals surface area contributed by atoms with Gasteiger partial charge in [-0.25, -0.2) is 0 Å². The first-order valence-electron chi connectivity index (χ1n) is 8.57. The number of nitrogens with zero attached hydrogens (tertiary/aromatic N) is 1. The van der Waals surface area contributed by atoms with E-state index in [1.807, 2.05) is 0 Å². The number of hydrogen-bond donors (Lipinski definition) is 2. The number of benzene rings is 1. The third kappa shape index (κ3) is 4.08. The van der Waals surface area contributed by atoms with E-state index in [-0.39, 0.29) is 11.9 Å². The summed E-state index contributed by atoms with van der Waals surface area (Å²) in [6, 6.07) is 3.47. The zero-order valence-electron chi connectivity index (χ0n) is 14.4. The molecule has 7 heteroatoms. The lowest BCUT2D eigenvalue weighted by Crippen LogP contribution is -2.45. The van der Waals surface area contributed by atoms with Crippen LogP contribution < -0.4 is 11.1 Å². The van der Waals surface area contributed by atoms with Gasteiger partial charge in [-0.05, 0) is 31.4 Å². The predicted molar refractivity (Wildman–Crippen MR) is 99.1 cm³/mol. The Kier molecular flexibility index (Phi) is 5.83. The maximum atomic E-state index is 12.7. The minimum atomic E-state index is -0.167. The minimum absolute atomic E-state index is 0.160. The average Bonchev–Trinajstić information content (AvgIpc) is 3.10. The molecule has 3 N–H and O–H groups in total. The number of carbonyl (C=O) groups is 1. The number of nitrogens with one attached hydrogen (secondary N) is 1. The quantitative estimate of drug-likeness (QED) is 0.607. The molecule has 0 spiro atoms. The number of halogens is 1. The van der Waals surface area contributed by atoms with Gasteiger partial charge in [0.1, 0.15) is 5.58 Å². The number of rotatable bonds is 6. The summed E-state index contributed by atoms with van der Waals surface area (Å²) in [6.07, 6.45) is 4.42. The van der Waals surface area contributed by atoms with E-state index in [2.05, 4.69) is 10.2 Å². The topological polar surface area (TPSA) is 80.7 Å². The van der Waals surface area contributed by atoms with Gasteiger partial charge in [-0.2, -0.15) is 0 Å². The van der Waals surface area contributed by atoms with Gasteiger partial charge in [0, 0.05) is 44.8 Å². The molecular formula is C18H24ClN3O3. The fourth-order valence-corrected chi connectivity index (χ4v) is 3.50. The molecule has 6 nitrogen and oxygen atoms in total. The molecule has 1 amide bonds. The number of furan rings is 1. The molecule has 0 unspecified atom stereocenters. The summed E-state index contributed by atoms with van der Waals surface area (Å²) in [7, 11) is 1.72. The summed E-state index contributed by atoms with van der Waals surface area (Å²) in [6.45, 7) is 3.78. The van der Waals surface area contributed by atoms with E-state index >= 15 is 0 Å². The number of carbonyl (C=O) groups excluding carboxylic acids is 1. The van der Waals surface area contributed by atoms with Crippen molar-refractivity contribution in [3.05, 3.63) is 29.0 Å². The molecule has 1 aromatic heterocycles. The van der Waals surface area contributed by atoms with E-state index in [4.69, 9.17) is 26.5 Å². The molecule has 0 bridgehead atoms. The third-order valence-corrected chi connectivity index (χ3v) is 5.03. The molecule has 2 aromatic rings. The van der Waals surface area contributed by atoms with Crippen molar-refractivity contribution in [3.63, 3.8) is 0 Å². The van der Waals surface area contributed by atoms with Crippen molar-refractivity contribution in [2.24, 2.45) is 0 Å². The molecule has 1 fully saturated rings. The van der Waals surface area contributed by atoms with E-state index in [0.717, 1.165) is 45.5 Å². The van der Waals surface area contributed by atoms with Crippen molar-refractivity contribution >= 4 is 34.2 Å². The van der Waals surface area contributed by atoms with Crippen LogP contribution in [-0.4, -0.2) is 50.2 Å². The first kappa shape index (κ1) is 18.0. The number of methoxy groups -OCH3 is 1. The van der Waals surface area contributed by atoms with Crippen molar-refractivity contribution in [1.29, 1.82) is 0 Å². The van der Waals surface area contributed by atoms with Crippen molar-refractivity contribution in [2.45, 2.75) is 25.3 Å². The molecule has 0 aliphatic carbocycles. The number of hydrogen-bond acceptors (Lipinski definition) is 5. The lowest BCUT2D eigenvalue weighted by Gasteiger charge is -2.32. The van der Waals surface area contributed by atoms with Gasteiger partial charge < -0.3 is 25.1 Å². The highest BCUT2D eigenvalue weighted by molar-refractivity contribution is 6.35. The van der Waals surface area contributed by atoms with E-state index in [0.29, 0.717) is 27.2 Å². The predicted octanol–water partition coefficient (Wildman–Crippen LogP) is 2.90. The first-order valence-corrected chi connectivity index (χ1v) is 8.95. The third-order valence-electron chi connectivity index (χ3n) is 4.72. The largest absolute Gasteiger partial charge is 0.463 e. The summed E-state index contributed by atoms with van der Waals surface area (Å²) >= 11 is 6.15. The number of nitrogen functional groups attached to an aromatic ring is 1. The Morgan fingerprint density at radius 2 is 2.24 bits per heavy atom. The van der Waals surface area contributed by atoms with Crippen LogP contribution in [0.1, 0.15) is 29.6 Å². The number of amides is 1. The highest BCUT2D eigenvalue weighted by atomic mass is 35.5. The monoisotopic (exact) mass is 365 g/mol. The van der Waals surface area contributed by atoms with Crippen LogP contribution in [0.3, 0.4) is 0 Å². The number of ether oxygens (including phenoxy) is 1. The second-order valence-corrected chi connectivity index (χ2v) is 6.83. The van der Waals surface area contributed by atoms with E-state index in [1.165, 1.54) is 6.26 Å². The molecule has 0 saturated carbocycles. The number of likely N-dealkylation sites (tertiary alicyclic amines) is 1. The van der Waals surface area contributed by atoms with Gasteiger partial charge >= 0.3 is 0 Å². The molecule has 2 heterocycles. The maximum Gasteiger partial charge on any atom is 0.255 e. The van der Waals surface area contributed by atoms with Crippen molar-refractivity contribution in [2.75, 3.05) is 39.1 Å². The van der Waals surface area contributed by atoms with Gasteiger partial charge in [-0.1, -0.05) is 11.6 Å². The van der Waals surface area contributed by atoms with Gasteiger partial charge in [0.25, 0.3) is 5.91 Å². The zero-order valence-corrected chi connectivity index (χ0v) is 15.1. The number of nitrogens with two attached hydrogens (primary N) is 1. The molecule has 0 atom stereocenters. The number of fused-ring (bicyclic) bond motifs is 1. The van der Waals surface area contributed by atoms with Gasteiger partial charge in [0.2, 0.25) is 0 Å². The summed E-state index contributed by atoms with van der Waals surface area (Å²) in [5, 5.41) is 4.14. The Hall–Kier alpha value is -1.76. The van der Waals surface area contributed by atoms with Crippen LogP contribution >= 0.6 is 11.6 Å². The van der Waals surface area contributed by atoms with Crippen LogP contribution in [0.5, 0.6) is 0 Å². The van der Waals surface area contributed by atoms with Gasteiger partial charge in [0.05, 0.1) is 22.5 Å². The summed E-state index contributed by atoms with van der Waals surface area (Å²) in [4.78, 5) is 15.1. The van der Waals surface area contributed by atoms with Crippen LogP contribution in [0.4, 0.5) is 5.69 Å². The summed E-state index contributed by atoms with van der Waals surface area (Å²) in [5.41, 5.74) is 7.29. The van der Waals surface area contributed by atoms with Crippen molar-refractivity contribution in [3.8, 4) is 0 Å². The number of piperidine rings is 1. The zero-order chi connectivity index (χ0) is 17.8. The van der Waals surface area contributed by atoms with E-state index in [1.54, 1.807) is 19.2 Å². The van der Waals surface area contributed by atoms with Crippen molar-refractivity contribution < 1.29 is 13.9 Å². The molecule has 0 radical (unpaired) electrons. The van der Waals surface area contributed by atoms with Crippen LogP contribution in [0.2, 0.25) is 5.02 Å². The Labute approximate surface area is 152 Å². The molecule has 1 aliphatic rings. The SMILES string of the molecule is COCCCN1CCC(NC(=O)c2cc(Cl)c(N)c3ccoc23)CC1. The van der Waals surface area contributed by atoms with Crippen LogP contribution in [0, 0.1) is 0 Å². The van der Waals surface area contributed by atoms with Crippen LogP contribution in [0.25, 0.3) is 11.0 Å². The first-order chi connectivity index (χ1) is 12.1. The fraction of sp³-hybridized carbons (Fsp3) is 0.500. The molecule has 1 aliphatic heterocycles. The highest BCUT2D eigenvalue weighted by Crippen LogP contribution is 2.32. The molecule has 136 valence electrons. The van der Waals surface area contributed by atoms with Crippen LogP contribution in [-0.2, 0) is 4.74 Å². The molecule has 25 heavy (non-hydrogen) atoms.